The summed E-state index contributed by atoms with van der Waals surface area (Å²) in [5.41, 5.74) is -1.81. The highest BCUT2D eigenvalue weighted by Crippen LogP contribution is 2.44. The minimum absolute atomic E-state index is 0.101. The van der Waals surface area contributed by atoms with Gasteiger partial charge in [0.25, 0.3) is 0 Å². The molecular formula is C30H48O17. The number of carbonyl (C=O) groups excluding carboxylic acids is 1. The second-order valence-electron chi connectivity index (χ2n) is 13.2. The third kappa shape index (κ3) is 7.96. The van der Waals surface area contributed by atoms with E-state index in [0.717, 1.165) is 0 Å². The van der Waals surface area contributed by atoms with Crippen molar-refractivity contribution in [3.63, 3.8) is 0 Å². The lowest BCUT2D eigenvalue weighted by Gasteiger charge is -2.44. The molecular weight excluding hydrogens is 632 g/mol. The zero-order valence-corrected chi connectivity index (χ0v) is 26.6. The van der Waals surface area contributed by atoms with Crippen LogP contribution >= 0.6 is 0 Å². The van der Waals surface area contributed by atoms with Crippen LogP contribution in [-0.2, 0) is 33.2 Å². The first-order valence-corrected chi connectivity index (χ1v) is 15.5. The average molecular weight is 681 g/mol. The van der Waals surface area contributed by atoms with Gasteiger partial charge in [0.15, 0.2) is 24.7 Å². The van der Waals surface area contributed by atoms with Gasteiger partial charge < -0.3 is 79.5 Å². The maximum atomic E-state index is 12.0. The van der Waals surface area contributed by atoms with Crippen molar-refractivity contribution < 1.29 is 84.3 Å². The quantitative estimate of drug-likeness (QED) is 0.0978. The molecule has 0 aromatic carbocycles. The largest absolute Gasteiger partial charge is 0.394 e. The Morgan fingerprint density at radius 2 is 1.45 bits per heavy atom. The average Bonchev–Trinajstić information content (AvgIpc) is 3.01. The molecule has 17 heteroatoms. The number of ketones is 1. The summed E-state index contributed by atoms with van der Waals surface area (Å²) >= 11 is 0. The van der Waals surface area contributed by atoms with E-state index in [1.54, 1.807) is 27.7 Å². The van der Waals surface area contributed by atoms with Crippen LogP contribution in [0.25, 0.3) is 0 Å². The summed E-state index contributed by atoms with van der Waals surface area (Å²) in [5.74, 6) is -0.101. The van der Waals surface area contributed by atoms with E-state index in [9.17, 15) is 55.9 Å². The Bertz CT molecular complexity index is 1130. The summed E-state index contributed by atoms with van der Waals surface area (Å²) in [6, 6.07) is 0. The Hall–Kier alpha value is -1.49. The van der Waals surface area contributed by atoms with Crippen LogP contribution in [0.3, 0.4) is 0 Å². The predicted octanol–water partition coefficient (Wildman–Crippen LogP) is -4.29. The molecule has 270 valence electrons. The molecule has 3 fully saturated rings. The van der Waals surface area contributed by atoms with Crippen molar-refractivity contribution in [2.75, 3.05) is 19.8 Å². The van der Waals surface area contributed by atoms with E-state index in [1.165, 1.54) is 18.2 Å². The van der Waals surface area contributed by atoms with E-state index in [-0.39, 0.29) is 12.2 Å². The minimum atomic E-state index is -1.75. The SMILES string of the molecule is CC1=CC(=O)CC(C)(C)[C@@]1(O)/C=C/[C@@H](C)O[C@@H]1O[C@H](CO[C@H]2OC[C@@H](O[C@@H]3O[C@H](CO)[C@@H](O)[C@H](O)[C@H]3O)[C@H](O)[C@H]2O)[C@@H](O)[C@H](O)[C@H]1O. The van der Waals surface area contributed by atoms with Crippen LogP contribution in [0.5, 0.6) is 0 Å². The fourth-order valence-corrected chi connectivity index (χ4v) is 6.14. The van der Waals surface area contributed by atoms with E-state index < -0.39 is 123 Å². The third-order valence-corrected chi connectivity index (χ3v) is 9.27. The van der Waals surface area contributed by atoms with Crippen molar-refractivity contribution in [2.45, 2.75) is 132 Å². The molecule has 17 nitrogen and oxygen atoms in total. The van der Waals surface area contributed by atoms with Gasteiger partial charge in [-0.3, -0.25) is 4.79 Å². The number of hydrogen-bond donors (Lipinski definition) is 10. The van der Waals surface area contributed by atoms with Crippen molar-refractivity contribution in [3.05, 3.63) is 23.8 Å². The third-order valence-electron chi connectivity index (χ3n) is 9.27. The molecule has 4 rings (SSSR count). The van der Waals surface area contributed by atoms with Crippen molar-refractivity contribution in [3.8, 4) is 0 Å². The molecule has 10 N–H and O–H groups in total. The second kappa shape index (κ2) is 15.2. The molecule has 3 saturated heterocycles. The molecule has 1 aliphatic carbocycles. The Morgan fingerprint density at radius 1 is 0.872 bits per heavy atom. The Morgan fingerprint density at radius 3 is 2.06 bits per heavy atom. The Balaban J connectivity index is 1.33. The van der Waals surface area contributed by atoms with Gasteiger partial charge in [0.1, 0.15) is 72.7 Å². The molecule has 0 bridgehead atoms. The maximum Gasteiger partial charge on any atom is 0.187 e. The highest BCUT2D eigenvalue weighted by atomic mass is 16.7. The van der Waals surface area contributed by atoms with E-state index in [1.807, 2.05) is 0 Å². The van der Waals surface area contributed by atoms with E-state index in [2.05, 4.69) is 0 Å². The zero-order valence-electron chi connectivity index (χ0n) is 26.6. The summed E-state index contributed by atoms with van der Waals surface area (Å²) in [4.78, 5) is 12.0. The molecule has 0 radical (unpaired) electrons. The first kappa shape index (κ1) is 38.3. The van der Waals surface area contributed by atoms with Crippen LogP contribution in [0, 0.1) is 5.41 Å². The predicted molar refractivity (Wildman–Crippen MR) is 155 cm³/mol. The van der Waals surface area contributed by atoms with Crippen molar-refractivity contribution >= 4 is 5.78 Å². The van der Waals surface area contributed by atoms with E-state index >= 15 is 0 Å². The lowest BCUT2D eigenvalue weighted by atomic mass is 9.64. The molecule has 4 aliphatic rings. The van der Waals surface area contributed by atoms with Crippen LogP contribution in [0.15, 0.2) is 23.8 Å². The molecule has 3 heterocycles. The van der Waals surface area contributed by atoms with Gasteiger partial charge in [-0.1, -0.05) is 19.9 Å². The number of hydrogen-bond acceptors (Lipinski definition) is 17. The maximum absolute atomic E-state index is 12.0. The topological polar surface area (TPSA) is 275 Å². The van der Waals surface area contributed by atoms with Crippen molar-refractivity contribution in [2.24, 2.45) is 5.41 Å². The van der Waals surface area contributed by atoms with Gasteiger partial charge in [-0.05, 0) is 31.6 Å². The van der Waals surface area contributed by atoms with Gasteiger partial charge in [-0.15, -0.1) is 0 Å². The summed E-state index contributed by atoms with van der Waals surface area (Å²) < 4.78 is 33.2. The number of allylic oxidation sites excluding steroid dienone is 1. The monoisotopic (exact) mass is 680 g/mol. The standard InChI is InChI=1S/C30H48O17/c1-12-7-14(32)8-29(3,4)30(12,41)6-5-13(2)44-27-24(39)22(37)19(34)16(46-27)10-42-26-23(38)20(35)17(11-43-26)47-28-25(40)21(36)18(33)15(9-31)45-28/h5-7,13,15-28,31,33-41H,8-11H2,1-4H3/b6-5+/t13-,15-,16-,17-,18-,19-,20+,21+,22+,23-,24-,25-,26+,27-,28+,30-/m1/s1. The summed E-state index contributed by atoms with van der Waals surface area (Å²) in [6.45, 7) is 5.14. The number of aliphatic hydroxyl groups excluding tert-OH is 9. The van der Waals surface area contributed by atoms with Crippen molar-refractivity contribution in [1.82, 2.24) is 0 Å². The zero-order chi connectivity index (χ0) is 35.0. The minimum Gasteiger partial charge on any atom is -0.394 e. The number of ether oxygens (including phenoxy) is 6. The molecule has 0 saturated carbocycles. The van der Waals surface area contributed by atoms with Gasteiger partial charge >= 0.3 is 0 Å². The summed E-state index contributed by atoms with van der Waals surface area (Å²) in [6.07, 6.45) is -18.2. The fourth-order valence-electron chi connectivity index (χ4n) is 6.14. The first-order valence-electron chi connectivity index (χ1n) is 15.5. The molecule has 3 aliphatic heterocycles. The van der Waals surface area contributed by atoms with Crippen LogP contribution in [-0.4, -0.2) is 174 Å². The van der Waals surface area contributed by atoms with E-state index in [0.29, 0.717) is 5.57 Å². The molecule has 16 atom stereocenters. The normalized spacial score (nSPS) is 46.8. The summed E-state index contributed by atoms with van der Waals surface area (Å²) in [7, 11) is 0. The Kier molecular flexibility index (Phi) is 12.4. The Labute approximate surface area is 271 Å². The molecule has 0 amide bonds. The van der Waals surface area contributed by atoms with Crippen LogP contribution in [0.4, 0.5) is 0 Å². The lowest BCUT2D eigenvalue weighted by molar-refractivity contribution is -0.349. The first-order chi connectivity index (χ1) is 21.9. The number of aliphatic hydroxyl groups is 10. The van der Waals surface area contributed by atoms with Crippen LogP contribution < -0.4 is 0 Å². The highest BCUT2D eigenvalue weighted by Gasteiger charge is 2.50. The lowest BCUT2D eigenvalue weighted by Crippen LogP contribution is -2.62. The van der Waals surface area contributed by atoms with E-state index in [4.69, 9.17) is 28.4 Å². The second-order valence-corrected chi connectivity index (χ2v) is 13.2. The highest BCUT2D eigenvalue weighted by molar-refractivity contribution is 5.92. The number of rotatable bonds is 10. The van der Waals surface area contributed by atoms with Gasteiger partial charge in [-0.25, -0.2) is 0 Å². The molecule has 0 unspecified atom stereocenters. The van der Waals surface area contributed by atoms with Crippen LogP contribution in [0.2, 0.25) is 0 Å². The van der Waals surface area contributed by atoms with Crippen LogP contribution in [0.1, 0.15) is 34.1 Å². The fraction of sp³-hybridized carbons (Fsp3) is 0.833. The van der Waals surface area contributed by atoms with Crippen molar-refractivity contribution in [1.29, 1.82) is 0 Å². The van der Waals surface area contributed by atoms with Gasteiger partial charge in [-0.2, -0.15) is 0 Å². The molecule has 47 heavy (non-hydrogen) atoms. The molecule has 0 aromatic heterocycles. The summed E-state index contributed by atoms with van der Waals surface area (Å²) in [5, 5.41) is 104. The van der Waals surface area contributed by atoms with Gasteiger partial charge in [0, 0.05) is 11.8 Å². The molecule has 0 spiro atoms. The number of carbonyl (C=O) groups is 1. The van der Waals surface area contributed by atoms with Gasteiger partial charge in [0.2, 0.25) is 0 Å². The molecule has 0 aromatic rings. The van der Waals surface area contributed by atoms with Gasteiger partial charge in [0.05, 0.1) is 25.9 Å². The smallest absolute Gasteiger partial charge is 0.187 e.